The molecule has 2 heterocycles. The lowest BCUT2D eigenvalue weighted by Gasteiger charge is -2.16. The van der Waals surface area contributed by atoms with Crippen molar-refractivity contribution >= 4 is 21.6 Å². The van der Waals surface area contributed by atoms with Crippen LogP contribution in [0.4, 0.5) is 0 Å². The maximum absolute atomic E-state index is 13.8. The summed E-state index contributed by atoms with van der Waals surface area (Å²) in [5, 5.41) is 11.9. The average molecular weight is 752 g/mol. The van der Waals surface area contributed by atoms with Crippen LogP contribution in [0.25, 0.3) is 5.65 Å². The van der Waals surface area contributed by atoms with Crippen LogP contribution in [-0.2, 0) is 21.2 Å². The van der Waals surface area contributed by atoms with Crippen LogP contribution < -0.4 is 14.2 Å². The van der Waals surface area contributed by atoms with E-state index in [2.05, 4.69) is 26.9 Å². The Morgan fingerprint density at radius 1 is 0.830 bits per heavy atom. The van der Waals surface area contributed by atoms with Gasteiger partial charge in [-0.25, -0.2) is 22.4 Å². The molecule has 0 amide bonds. The summed E-state index contributed by atoms with van der Waals surface area (Å²) in [7, 11) is -2.66. The number of sulfonamides is 1. The lowest BCUT2D eigenvalue weighted by Crippen LogP contribution is -2.29. The summed E-state index contributed by atoms with van der Waals surface area (Å²) in [6.07, 6.45) is 21.3. The first-order chi connectivity index (χ1) is 25.7. The standard InChI is InChI=1S/C41H61N5O6S/c1-6-8-9-10-11-12-13-14-15-16-17-18-19-20-21-22-29-51-36-28-23-31(3)30-37(36)53(48,49)45-32(4)39-42-43-40-38(35(7-2)44-46(39)40)52-34-26-24-33(25-27-34)41(47)50-5/h23-28,30,32,44-45H,6-22,29H2,1-5H3. The molecule has 4 aromatic rings. The second kappa shape index (κ2) is 21.7. The van der Waals surface area contributed by atoms with Crippen molar-refractivity contribution in [2.24, 2.45) is 0 Å². The molecular formula is C41H61N5O6S. The number of H-pyrrole nitrogens is 1. The molecule has 12 heteroatoms. The molecule has 4 rings (SSSR count). The van der Waals surface area contributed by atoms with Crippen LogP contribution in [0.3, 0.4) is 0 Å². The first-order valence-electron chi connectivity index (χ1n) is 19.8. The molecule has 0 bridgehead atoms. The van der Waals surface area contributed by atoms with Crippen molar-refractivity contribution in [3.63, 3.8) is 0 Å². The van der Waals surface area contributed by atoms with Crippen molar-refractivity contribution < 1.29 is 27.4 Å². The van der Waals surface area contributed by atoms with Crippen LogP contribution in [0.1, 0.15) is 157 Å². The molecular weight excluding hydrogens is 691 g/mol. The molecule has 11 nitrogen and oxygen atoms in total. The van der Waals surface area contributed by atoms with E-state index in [1.165, 1.54) is 97.0 Å². The predicted octanol–water partition coefficient (Wildman–Crippen LogP) is 10.2. The highest BCUT2D eigenvalue weighted by atomic mass is 32.2. The van der Waals surface area contributed by atoms with Crippen LogP contribution in [0.15, 0.2) is 47.4 Å². The molecule has 0 spiro atoms. The van der Waals surface area contributed by atoms with Crippen molar-refractivity contribution in [2.75, 3.05) is 13.7 Å². The lowest BCUT2D eigenvalue weighted by atomic mass is 10.0. The molecule has 0 radical (unpaired) electrons. The van der Waals surface area contributed by atoms with Gasteiger partial charge in [0.05, 0.1) is 31.0 Å². The van der Waals surface area contributed by atoms with Gasteiger partial charge in [-0.1, -0.05) is 116 Å². The number of benzene rings is 2. The third kappa shape index (κ3) is 12.6. The molecule has 0 saturated carbocycles. The Hall–Kier alpha value is -3.90. The minimum Gasteiger partial charge on any atom is -0.492 e. The topological polar surface area (TPSA) is 137 Å². The van der Waals surface area contributed by atoms with Crippen molar-refractivity contribution in [1.82, 2.24) is 24.5 Å². The van der Waals surface area contributed by atoms with Gasteiger partial charge in [0.2, 0.25) is 15.7 Å². The summed E-state index contributed by atoms with van der Waals surface area (Å²) in [5.41, 5.74) is 2.39. The number of aromatic nitrogens is 4. The van der Waals surface area contributed by atoms with Crippen LogP contribution in [0.5, 0.6) is 17.2 Å². The smallest absolute Gasteiger partial charge is 0.337 e. The zero-order valence-corrected chi connectivity index (χ0v) is 33.4. The SMILES string of the molecule is CCCCCCCCCCCCCCCCCCOc1ccc(C)cc1S(=O)(=O)NC(C)c1nnc2c(Oc3ccc(C(=O)OC)cc3)c(CC)[nH]n12. The van der Waals surface area contributed by atoms with Gasteiger partial charge in [-0.05, 0) is 68.7 Å². The van der Waals surface area contributed by atoms with Crippen LogP contribution >= 0.6 is 0 Å². The maximum Gasteiger partial charge on any atom is 0.337 e. The molecule has 0 fully saturated rings. The van der Waals surface area contributed by atoms with Gasteiger partial charge >= 0.3 is 5.97 Å². The van der Waals surface area contributed by atoms with E-state index in [4.69, 9.17) is 14.2 Å². The lowest BCUT2D eigenvalue weighted by molar-refractivity contribution is 0.0600. The van der Waals surface area contributed by atoms with E-state index in [0.29, 0.717) is 47.3 Å². The number of rotatable bonds is 26. The first kappa shape index (κ1) is 41.9. The average Bonchev–Trinajstić information content (AvgIpc) is 3.72. The second-order valence-corrected chi connectivity index (χ2v) is 15.7. The summed E-state index contributed by atoms with van der Waals surface area (Å²) in [6.45, 7) is 8.28. The number of unbranched alkanes of at least 4 members (excludes halogenated alkanes) is 15. The fraction of sp³-hybridized carbons (Fsp3) is 0.585. The molecule has 2 aromatic carbocycles. The van der Waals surface area contributed by atoms with E-state index in [0.717, 1.165) is 24.1 Å². The number of ether oxygens (including phenoxy) is 3. The maximum atomic E-state index is 13.8. The number of carbonyl (C=O) groups excluding carboxylic acids is 1. The molecule has 53 heavy (non-hydrogen) atoms. The van der Waals surface area contributed by atoms with Crippen molar-refractivity contribution in [1.29, 1.82) is 0 Å². The van der Waals surface area contributed by atoms with E-state index >= 15 is 0 Å². The number of nitrogens with zero attached hydrogens (tertiary/aromatic N) is 3. The van der Waals surface area contributed by atoms with Gasteiger partial charge in [0, 0.05) is 0 Å². The van der Waals surface area contributed by atoms with E-state index in [9.17, 15) is 13.2 Å². The quantitative estimate of drug-likeness (QED) is 0.0478. The number of hydrogen-bond donors (Lipinski definition) is 2. The molecule has 292 valence electrons. The zero-order chi connectivity index (χ0) is 38.1. The molecule has 2 aromatic heterocycles. The molecule has 0 saturated heterocycles. The second-order valence-electron chi connectivity index (χ2n) is 14.1. The summed E-state index contributed by atoms with van der Waals surface area (Å²) >= 11 is 0. The monoisotopic (exact) mass is 751 g/mol. The van der Waals surface area contributed by atoms with Crippen molar-refractivity contribution in [2.45, 2.75) is 148 Å². The third-order valence-electron chi connectivity index (χ3n) is 9.62. The van der Waals surface area contributed by atoms with Gasteiger partial charge in [-0.2, -0.15) is 0 Å². The largest absolute Gasteiger partial charge is 0.492 e. The fourth-order valence-corrected chi connectivity index (χ4v) is 7.95. The molecule has 1 unspecified atom stereocenters. The van der Waals surface area contributed by atoms with Gasteiger partial charge in [-0.3, -0.25) is 5.10 Å². The van der Waals surface area contributed by atoms with Gasteiger partial charge < -0.3 is 14.2 Å². The number of fused-ring (bicyclic) bond motifs is 1. The summed E-state index contributed by atoms with van der Waals surface area (Å²) in [6, 6.07) is 11.1. The number of carbonyl (C=O) groups is 1. The highest BCUT2D eigenvalue weighted by Gasteiger charge is 2.27. The number of aromatic amines is 1. The van der Waals surface area contributed by atoms with Gasteiger partial charge in [0.25, 0.3) is 0 Å². The Bertz CT molecular complexity index is 1800. The minimum absolute atomic E-state index is 0.0989. The van der Waals surface area contributed by atoms with Gasteiger partial charge in [0.1, 0.15) is 16.4 Å². The Labute approximate surface area is 316 Å². The Morgan fingerprint density at radius 2 is 1.42 bits per heavy atom. The summed E-state index contributed by atoms with van der Waals surface area (Å²) in [5.74, 6) is 1.24. The summed E-state index contributed by atoms with van der Waals surface area (Å²) < 4.78 is 49.0. The molecule has 0 aliphatic heterocycles. The van der Waals surface area contributed by atoms with E-state index in [1.807, 2.05) is 19.9 Å². The van der Waals surface area contributed by atoms with E-state index < -0.39 is 22.0 Å². The number of hydrogen-bond acceptors (Lipinski definition) is 8. The Morgan fingerprint density at radius 3 is 1.98 bits per heavy atom. The van der Waals surface area contributed by atoms with E-state index in [-0.39, 0.29) is 4.90 Å². The van der Waals surface area contributed by atoms with Crippen LogP contribution in [0.2, 0.25) is 0 Å². The van der Waals surface area contributed by atoms with Gasteiger partial charge in [0.15, 0.2) is 11.6 Å². The minimum atomic E-state index is -3.99. The number of methoxy groups -OCH3 is 1. The normalized spacial score (nSPS) is 12.3. The molecule has 1 atom stereocenters. The first-order valence-corrected chi connectivity index (χ1v) is 21.2. The number of nitrogens with one attached hydrogen (secondary N) is 2. The van der Waals surface area contributed by atoms with Crippen LogP contribution in [0, 0.1) is 6.92 Å². The summed E-state index contributed by atoms with van der Waals surface area (Å²) in [4.78, 5) is 11.9. The molecule has 0 aliphatic rings. The third-order valence-corrected chi connectivity index (χ3v) is 11.2. The Balaban J connectivity index is 1.25. The highest BCUT2D eigenvalue weighted by molar-refractivity contribution is 7.89. The van der Waals surface area contributed by atoms with E-state index in [1.54, 1.807) is 47.8 Å². The number of aryl methyl sites for hydroxylation is 2. The molecule has 2 N–H and O–H groups in total. The predicted molar refractivity (Wildman–Crippen MR) is 210 cm³/mol. The fourth-order valence-electron chi connectivity index (χ4n) is 6.52. The highest BCUT2D eigenvalue weighted by Crippen LogP contribution is 2.32. The molecule has 0 aliphatic carbocycles. The van der Waals surface area contributed by atoms with Crippen molar-refractivity contribution in [3.8, 4) is 17.2 Å². The number of esters is 1. The van der Waals surface area contributed by atoms with Crippen LogP contribution in [-0.4, -0.2) is 47.9 Å². The Kier molecular flexibility index (Phi) is 17.1. The van der Waals surface area contributed by atoms with Gasteiger partial charge in [-0.15, -0.1) is 10.2 Å². The van der Waals surface area contributed by atoms with Crippen molar-refractivity contribution in [3.05, 3.63) is 65.1 Å². The zero-order valence-electron chi connectivity index (χ0n) is 32.5.